The predicted octanol–water partition coefficient (Wildman–Crippen LogP) is 0.616. The number of nitrogens with one attached hydrogen (secondary N) is 1. The number of nitrogens with zero attached hydrogens (tertiary/aromatic N) is 1. The summed E-state index contributed by atoms with van der Waals surface area (Å²) in [5.41, 5.74) is 0.725. The maximum absolute atomic E-state index is 12.6. The Bertz CT molecular complexity index is 836. The number of halogens is 1. The first-order valence-electron chi connectivity index (χ1n) is 7.40. The van der Waals surface area contributed by atoms with E-state index >= 15 is 0 Å². The molecule has 1 saturated heterocycles. The van der Waals surface area contributed by atoms with E-state index < -0.39 is 21.8 Å². The molecule has 7 nitrogen and oxygen atoms in total. The Balaban J connectivity index is 1.96. The third kappa shape index (κ3) is 2.86. The van der Waals surface area contributed by atoms with Crippen LogP contribution in [0.2, 0.25) is 0 Å². The molecule has 0 radical (unpaired) electrons. The van der Waals surface area contributed by atoms with E-state index in [1.54, 1.807) is 6.07 Å². The lowest BCUT2D eigenvalue weighted by Gasteiger charge is -2.29. The van der Waals surface area contributed by atoms with Gasteiger partial charge < -0.3 is 4.90 Å². The van der Waals surface area contributed by atoms with Gasteiger partial charge in [-0.3, -0.25) is 19.7 Å². The SMILES string of the molecule is O=C1CCC(N2Cc3c(cccc3S(=O)(=O)CCBr)C2=O)C(=O)N1. The van der Waals surface area contributed by atoms with Crippen molar-refractivity contribution in [2.24, 2.45) is 0 Å². The molecule has 1 atom stereocenters. The lowest BCUT2D eigenvalue weighted by atomic mass is 10.0. The quantitative estimate of drug-likeness (QED) is 0.574. The number of fused-ring (bicyclic) bond motifs is 1. The molecule has 2 heterocycles. The van der Waals surface area contributed by atoms with E-state index in [0.717, 1.165) is 0 Å². The Morgan fingerprint density at radius 1 is 1.25 bits per heavy atom. The van der Waals surface area contributed by atoms with Crippen molar-refractivity contribution < 1.29 is 22.8 Å². The van der Waals surface area contributed by atoms with Gasteiger partial charge in [0.25, 0.3) is 5.91 Å². The number of carbonyl (C=O) groups is 3. The summed E-state index contributed by atoms with van der Waals surface area (Å²) >= 11 is 3.12. The van der Waals surface area contributed by atoms with Crippen molar-refractivity contribution in [1.82, 2.24) is 10.2 Å². The Kier molecular flexibility index (Phi) is 4.48. The Morgan fingerprint density at radius 3 is 2.67 bits per heavy atom. The summed E-state index contributed by atoms with van der Waals surface area (Å²) < 4.78 is 24.8. The highest BCUT2D eigenvalue weighted by Crippen LogP contribution is 2.32. The van der Waals surface area contributed by atoms with Crippen molar-refractivity contribution in [3.63, 3.8) is 0 Å². The molecule has 1 fully saturated rings. The molecule has 0 aromatic heterocycles. The molecular weight excluding hydrogens is 400 g/mol. The Hall–Kier alpha value is -1.74. The average Bonchev–Trinajstić information content (AvgIpc) is 2.84. The van der Waals surface area contributed by atoms with E-state index in [-0.39, 0.29) is 41.8 Å². The zero-order valence-corrected chi connectivity index (χ0v) is 15.0. The molecule has 1 aromatic carbocycles. The van der Waals surface area contributed by atoms with Crippen molar-refractivity contribution in [3.8, 4) is 0 Å². The molecule has 1 aromatic rings. The van der Waals surface area contributed by atoms with Crippen molar-refractivity contribution >= 4 is 43.5 Å². The van der Waals surface area contributed by atoms with E-state index in [9.17, 15) is 22.8 Å². The van der Waals surface area contributed by atoms with E-state index in [1.807, 2.05) is 0 Å². The molecule has 3 amide bonds. The van der Waals surface area contributed by atoms with Gasteiger partial charge in [0.2, 0.25) is 11.8 Å². The summed E-state index contributed by atoms with van der Waals surface area (Å²) in [6.45, 7) is 0.0537. The standard InChI is InChI=1S/C15H15BrN2O5S/c16-6-7-24(22,23)12-3-1-2-9-10(12)8-18(15(9)21)11-4-5-13(19)17-14(11)20/h1-3,11H,4-8H2,(H,17,19,20). The van der Waals surface area contributed by atoms with Crippen LogP contribution in [0.3, 0.4) is 0 Å². The van der Waals surface area contributed by atoms with E-state index in [0.29, 0.717) is 16.5 Å². The van der Waals surface area contributed by atoms with Crippen LogP contribution in [0.15, 0.2) is 23.1 Å². The molecule has 0 aliphatic carbocycles. The third-order valence-electron chi connectivity index (χ3n) is 4.22. The number of hydrogen-bond donors (Lipinski definition) is 1. The van der Waals surface area contributed by atoms with Gasteiger partial charge >= 0.3 is 0 Å². The minimum absolute atomic E-state index is 0.0537. The number of rotatable bonds is 4. The van der Waals surface area contributed by atoms with Crippen LogP contribution in [0.1, 0.15) is 28.8 Å². The van der Waals surface area contributed by atoms with Crippen LogP contribution >= 0.6 is 15.9 Å². The minimum Gasteiger partial charge on any atom is -0.322 e. The number of alkyl halides is 1. The highest BCUT2D eigenvalue weighted by Gasteiger charge is 2.40. The second-order valence-corrected chi connectivity index (χ2v) is 8.56. The van der Waals surface area contributed by atoms with E-state index in [1.165, 1.54) is 17.0 Å². The number of benzene rings is 1. The van der Waals surface area contributed by atoms with Gasteiger partial charge in [0.15, 0.2) is 9.84 Å². The second-order valence-electron chi connectivity index (χ2n) is 5.69. The zero-order valence-electron chi connectivity index (χ0n) is 12.6. The van der Waals surface area contributed by atoms with Crippen LogP contribution in [-0.4, -0.2) is 48.2 Å². The smallest absolute Gasteiger partial charge is 0.255 e. The zero-order chi connectivity index (χ0) is 17.5. The van der Waals surface area contributed by atoms with Gasteiger partial charge in [0.05, 0.1) is 10.6 Å². The monoisotopic (exact) mass is 414 g/mol. The number of carbonyl (C=O) groups excluding carboxylic acids is 3. The number of sulfone groups is 1. The van der Waals surface area contributed by atoms with Gasteiger partial charge in [0, 0.05) is 29.4 Å². The molecular formula is C15H15BrN2O5S. The van der Waals surface area contributed by atoms with Crippen molar-refractivity contribution in [2.75, 3.05) is 11.1 Å². The Morgan fingerprint density at radius 2 is 2.00 bits per heavy atom. The number of hydrogen-bond acceptors (Lipinski definition) is 5. The molecule has 3 rings (SSSR count). The molecule has 0 saturated carbocycles. The average molecular weight is 415 g/mol. The van der Waals surface area contributed by atoms with Gasteiger partial charge in [-0.05, 0) is 18.6 Å². The fourth-order valence-corrected chi connectivity index (χ4v) is 5.60. The highest BCUT2D eigenvalue weighted by atomic mass is 79.9. The van der Waals surface area contributed by atoms with E-state index in [2.05, 4.69) is 21.2 Å². The second kappa shape index (κ2) is 6.29. The van der Waals surface area contributed by atoms with Gasteiger partial charge in [-0.2, -0.15) is 0 Å². The molecule has 9 heteroatoms. The first-order valence-corrected chi connectivity index (χ1v) is 10.2. The van der Waals surface area contributed by atoms with Crippen LogP contribution in [0.5, 0.6) is 0 Å². The first kappa shape index (κ1) is 17.1. The molecule has 128 valence electrons. The number of amides is 3. The van der Waals surface area contributed by atoms with Gasteiger partial charge in [-0.1, -0.05) is 22.0 Å². The largest absolute Gasteiger partial charge is 0.322 e. The van der Waals surface area contributed by atoms with Crippen molar-refractivity contribution in [3.05, 3.63) is 29.3 Å². The van der Waals surface area contributed by atoms with Crippen LogP contribution in [0.4, 0.5) is 0 Å². The van der Waals surface area contributed by atoms with Crippen molar-refractivity contribution in [2.45, 2.75) is 30.3 Å². The van der Waals surface area contributed by atoms with E-state index in [4.69, 9.17) is 0 Å². The van der Waals surface area contributed by atoms with Gasteiger partial charge in [0.1, 0.15) is 6.04 Å². The first-order chi connectivity index (χ1) is 11.3. The van der Waals surface area contributed by atoms with Crippen LogP contribution < -0.4 is 5.32 Å². The fraction of sp³-hybridized carbons (Fsp3) is 0.400. The van der Waals surface area contributed by atoms with Gasteiger partial charge in [-0.25, -0.2) is 8.42 Å². The maximum atomic E-state index is 12.6. The lowest BCUT2D eigenvalue weighted by molar-refractivity contribution is -0.136. The van der Waals surface area contributed by atoms with Crippen molar-refractivity contribution in [1.29, 1.82) is 0 Å². The predicted molar refractivity (Wildman–Crippen MR) is 88.3 cm³/mol. The molecule has 2 aliphatic heterocycles. The summed E-state index contributed by atoms with van der Waals surface area (Å²) in [5, 5.41) is 2.52. The fourth-order valence-electron chi connectivity index (χ4n) is 3.06. The summed E-state index contributed by atoms with van der Waals surface area (Å²) in [6, 6.07) is 3.83. The molecule has 0 bridgehead atoms. The Labute approximate surface area is 147 Å². The van der Waals surface area contributed by atoms with Crippen LogP contribution in [0.25, 0.3) is 0 Å². The normalized spacial score (nSPS) is 21.0. The molecule has 24 heavy (non-hydrogen) atoms. The lowest BCUT2D eigenvalue weighted by Crippen LogP contribution is -2.52. The molecule has 1 N–H and O–H groups in total. The van der Waals surface area contributed by atoms with Crippen LogP contribution in [0, 0.1) is 0 Å². The maximum Gasteiger partial charge on any atom is 0.255 e. The summed E-state index contributed by atoms with van der Waals surface area (Å²) in [4.78, 5) is 37.4. The molecule has 2 aliphatic rings. The van der Waals surface area contributed by atoms with Crippen LogP contribution in [-0.2, 0) is 26.0 Å². The number of imide groups is 1. The number of piperidine rings is 1. The highest BCUT2D eigenvalue weighted by molar-refractivity contribution is 9.09. The molecule has 1 unspecified atom stereocenters. The topological polar surface area (TPSA) is 101 Å². The summed E-state index contributed by atoms with van der Waals surface area (Å²) in [5.74, 6) is -1.33. The van der Waals surface area contributed by atoms with Gasteiger partial charge in [-0.15, -0.1) is 0 Å². The minimum atomic E-state index is -3.52. The third-order valence-corrected chi connectivity index (χ3v) is 6.94. The summed E-state index contributed by atoms with van der Waals surface area (Å²) in [6.07, 6.45) is 0.402. The molecule has 0 spiro atoms. The summed E-state index contributed by atoms with van der Waals surface area (Å²) in [7, 11) is -3.52.